The highest BCUT2D eigenvalue weighted by Gasteiger charge is 2.33. The van der Waals surface area contributed by atoms with E-state index in [0.29, 0.717) is 5.92 Å². The Hall–Kier alpha value is -1.22. The quantitative estimate of drug-likeness (QED) is 0.866. The molecule has 3 heteroatoms. The number of nitrogens with zero attached hydrogens (tertiary/aromatic N) is 1. The summed E-state index contributed by atoms with van der Waals surface area (Å²) in [5.74, 6) is 2.49. The van der Waals surface area contributed by atoms with E-state index < -0.39 is 0 Å². The lowest BCUT2D eigenvalue weighted by Gasteiger charge is -2.28. The Morgan fingerprint density at radius 2 is 2.06 bits per heavy atom. The molecule has 1 atom stereocenters. The maximum absolute atomic E-state index is 5.38. The number of ether oxygens (including phenoxy) is 1. The van der Waals surface area contributed by atoms with Crippen LogP contribution in [0, 0.1) is 5.92 Å². The number of likely N-dealkylation sites (N-methyl/N-ethyl adjacent to an activating group) is 1. The van der Waals surface area contributed by atoms with Crippen LogP contribution < -0.4 is 15.0 Å². The normalized spacial score (nSPS) is 24.1. The first-order chi connectivity index (χ1) is 8.79. The first kappa shape index (κ1) is 11.8. The van der Waals surface area contributed by atoms with Crippen LogP contribution in [-0.4, -0.2) is 33.8 Å². The molecular formula is C15H22N2O. The molecule has 2 heterocycles. The molecule has 0 saturated carbocycles. The van der Waals surface area contributed by atoms with Crippen LogP contribution >= 0.6 is 0 Å². The van der Waals surface area contributed by atoms with Gasteiger partial charge in [-0.2, -0.15) is 0 Å². The Morgan fingerprint density at radius 3 is 2.78 bits per heavy atom. The SMILES string of the molecule is COc1ccc2c(c1)C(C1CCNCC1)CN2C. The molecular weight excluding hydrogens is 224 g/mol. The van der Waals surface area contributed by atoms with Gasteiger partial charge in [0.05, 0.1) is 7.11 Å². The van der Waals surface area contributed by atoms with E-state index in [-0.39, 0.29) is 0 Å². The van der Waals surface area contributed by atoms with Crippen LogP contribution in [0.2, 0.25) is 0 Å². The summed E-state index contributed by atoms with van der Waals surface area (Å²) in [5, 5.41) is 3.46. The van der Waals surface area contributed by atoms with E-state index in [9.17, 15) is 0 Å². The predicted octanol–water partition coefficient (Wildman–Crippen LogP) is 2.23. The third-order valence-corrected chi connectivity index (χ3v) is 4.47. The Kier molecular flexibility index (Phi) is 3.16. The van der Waals surface area contributed by atoms with Crippen molar-refractivity contribution in [3.63, 3.8) is 0 Å². The number of benzene rings is 1. The average Bonchev–Trinajstić information content (AvgIpc) is 2.76. The molecule has 1 aromatic carbocycles. The molecule has 1 unspecified atom stereocenters. The van der Waals surface area contributed by atoms with Crippen LogP contribution in [0.25, 0.3) is 0 Å². The van der Waals surface area contributed by atoms with Gasteiger partial charge in [0.2, 0.25) is 0 Å². The summed E-state index contributed by atoms with van der Waals surface area (Å²) in [6.45, 7) is 3.50. The molecule has 0 aromatic heterocycles. The van der Waals surface area contributed by atoms with Gasteiger partial charge in [-0.25, -0.2) is 0 Å². The van der Waals surface area contributed by atoms with Crippen LogP contribution in [0.15, 0.2) is 18.2 Å². The van der Waals surface area contributed by atoms with Crippen molar-refractivity contribution in [2.75, 3.05) is 38.7 Å². The van der Waals surface area contributed by atoms with Gasteiger partial charge in [-0.1, -0.05) is 0 Å². The maximum atomic E-state index is 5.38. The zero-order valence-corrected chi connectivity index (χ0v) is 11.3. The summed E-state index contributed by atoms with van der Waals surface area (Å²) >= 11 is 0. The minimum atomic E-state index is 0.683. The third kappa shape index (κ3) is 1.97. The van der Waals surface area contributed by atoms with Crippen molar-refractivity contribution < 1.29 is 4.74 Å². The van der Waals surface area contributed by atoms with Gasteiger partial charge in [0.15, 0.2) is 0 Å². The van der Waals surface area contributed by atoms with E-state index in [1.165, 1.54) is 37.2 Å². The highest BCUT2D eigenvalue weighted by Crippen LogP contribution is 2.43. The number of anilines is 1. The summed E-state index contributed by atoms with van der Waals surface area (Å²) in [6, 6.07) is 6.51. The molecule has 1 saturated heterocycles. The van der Waals surface area contributed by atoms with Crippen LogP contribution in [0.3, 0.4) is 0 Å². The Labute approximate surface area is 109 Å². The van der Waals surface area contributed by atoms with E-state index in [4.69, 9.17) is 4.74 Å². The zero-order valence-electron chi connectivity index (χ0n) is 11.3. The maximum Gasteiger partial charge on any atom is 0.119 e. The molecule has 1 fully saturated rings. The van der Waals surface area contributed by atoms with Crippen LogP contribution in [0.4, 0.5) is 5.69 Å². The van der Waals surface area contributed by atoms with E-state index >= 15 is 0 Å². The van der Waals surface area contributed by atoms with Crippen molar-refractivity contribution in [3.05, 3.63) is 23.8 Å². The molecule has 2 aliphatic heterocycles. The number of hydrogen-bond acceptors (Lipinski definition) is 3. The van der Waals surface area contributed by atoms with Gasteiger partial charge in [0.25, 0.3) is 0 Å². The predicted molar refractivity (Wildman–Crippen MR) is 74.6 cm³/mol. The number of fused-ring (bicyclic) bond motifs is 1. The van der Waals surface area contributed by atoms with Gasteiger partial charge in [-0.15, -0.1) is 0 Å². The van der Waals surface area contributed by atoms with E-state index in [1.807, 2.05) is 0 Å². The second-order valence-electron chi connectivity index (χ2n) is 5.50. The molecule has 0 radical (unpaired) electrons. The second kappa shape index (κ2) is 4.81. The van der Waals surface area contributed by atoms with E-state index in [1.54, 1.807) is 7.11 Å². The summed E-state index contributed by atoms with van der Waals surface area (Å²) in [5.41, 5.74) is 2.88. The Balaban J connectivity index is 1.90. The third-order valence-electron chi connectivity index (χ3n) is 4.47. The van der Waals surface area contributed by atoms with Crippen molar-refractivity contribution in [1.82, 2.24) is 5.32 Å². The fourth-order valence-electron chi connectivity index (χ4n) is 3.45. The van der Waals surface area contributed by atoms with Gasteiger partial charge in [0, 0.05) is 25.2 Å². The second-order valence-corrected chi connectivity index (χ2v) is 5.50. The smallest absolute Gasteiger partial charge is 0.119 e. The van der Waals surface area contributed by atoms with Gasteiger partial charge >= 0.3 is 0 Å². The molecule has 0 aliphatic carbocycles. The zero-order chi connectivity index (χ0) is 12.5. The highest BCUT2D eigenvalue weighted by atomic mass is 16.5. The molecule has 0 bridgehead atoms. The van der Waals surface area contributed by atoms with E-state index in [2.05, 4.69) is 35.5 Å². The molecule has 1 N–H and O–H groups in total. The molecule has 3 rings (SSSR count). The van der Waals surface area contributed by atoms with Gasteiger partial charge in [-0.3, -0.25) is 0 Å². The summed E-state index contributed by atoms with van der Waals surface area (Å²) in [4.78, 5) is 2.39. The number of piperidine rings is 1. The summed E-state index contributed by atoms with van der Waals surface area (Å²) in [6.07, 6.45) is 2.60. The lowest BCUT2D eigenvalue weighted by atomic mass is 9.81. The first-order valence-corrected chi connectivity index (χ1v) is 6.89. The molecule has 3 nitrogen and oxygen atoms in total. The van der Waals surface area contributed by atoms with Crippen LogP contribution in [0.1, 0.15) is 24.3 Å². The lowest BCUT2D eigenvalue weighted by molar-refractivity contribution is 0.326. The summed E-state index contributed by atoms with van der Waals surface area (Å²) in [7, 11) is 3.95. The fourth-order valence-corrected chi connectivity index (χ4v) is 3.45. The molecule has 1 aromatic rings. The molecule has 2 aliphatic rings. The largest absolute Gasteiger partial charge is 0.497 e. The minimum absolute atomic E-state index is 0.683. The molecule has 0 amide bonds. The number of rotatable bonds is 2. The van der Waals surface area contributed by atoms with Crippen molar-refractivity contribution in [2.45, 2.75) is 18.8 Å². The molecule has 18 heavy (non-hydrogen) atoms. The first-order valence-electron chi connectivity index (χ1n) is 6.89. The number of hydrogen-bond donors (Lipinski definition) is 1. The van der Waals surface area contributed by atoms with Crippen LogP contribution in [-0.2, 0) is 0 Å². The van der Waals surface area contributed by atoms with Gasteiger partial charge in [-0.05, 0) is 55.6 Å². The van der Waals surface area contributed by atoms with Crippen molar-refractivity contribution >= 4 is 5.69 Å². The Bertz CT molecular complexity index is 427. The van der Waals surface area contributed by atoms with Gasteiger partial charge < -0.3 is 15.0 Å². The minimum Gasteiger partial charge on any atom is -0.497 e. The standard InChI is InChI=1S/C15H22N2O/c1-17-10-14(11-5-7-16-8-6-11)13-9-12(18-2)3-4-15(13)17/h3-4,9,11,14,16H,5-8,10H2,1-2H3. The molecule has 0 spiro atoms. The number of nitrogens with one attached hydrogen (secondary N) is 1. The van der Waals surface area contributed by atoms with Gasteiger partial charge in [0.1, 0.15) is 5.75 Å². The Morgan fingerprint density at radius 1 is 1.28 bits per heavy atom. The highest BCUT2D eigenvalue weighted by molar-refractivity contribution is 5.62. The van der Waals surface area contributed by atoms with Crippen LogP contribution in [0.5, 0.6) is 5.75 Å². The monoisotopic (exact) mass is 246 g/mol. The van der Waals surface area contributed by atoms with Crippen molar-refractivity contribution in [1.29, 1.82) is 0 Å². The molecule has 98 valence electrons. The van der Waals surface area contributed by atoms with Crippen molar-refractivity contribution in [2.24, 2.45) is 5.92 Å². The number of methoxy groups -OCH3 is 1. The van der Waals surface area contributed by atoms with Crippen molar-refractivity contribution in [3.8, 4) is 5.75 Å². The lowest BCUT2D eigenvalue weighted by Crippen LogP contribution is -2.32. The summed E-state index contributed by atoms with van der Waals surface area (Å²) < 4.78 is 5.38. The fraction of sp³-hybridized carbons (Fsp3) is 0.600. The topological polar surface area (TPSA) is 24.5 Å². The average molecular weight is 246 g/mol. The van der Waals surface area contributed by atoms with E-state index in [0.717, 1.165) is 18.2 Å².